The molecule has 0 rings (SSSR count). The Bertz CT molecular complexity index is 360. The summed E-state index contributed by atoms with van der Waals surface area (Å²) in [6.45, 7) is 4.57. The number of rotatable bonds is 17. The minimum absolute atomic E-state index is 0.106. The second kappa shape index (κ2) is 17.2. The van der Waals surface area contributed by atoms with Crippen LogP contribution in [0.25, 0.3) is 0 Å². The van der Waals surface area contributed by atoms with Gasteiger partial charge < -0.3 is 14.2 Å². The molecule has 2 atom stereocenters. The monoisotopic (exact) mass is 376 g/mol. The lowest BCUT2D eigenvalue weighted by Crippen LogP contribution is -2.35. The highest BCUT2D eigenvalue weighted by molar-refractivity contribution is 5.81. The number of esters is 2. The van der Waals surface area contributed by atoms with Crippen molar-refractivity contribution >= 4 is 11.9 Å². The zero-order valence-electron chi connectivity index (χ0n) is 16.5. The van der Waals surface area contributed by atoms with E-state index in [2.05, 4.69) is 18.7 Å². The van der Waals surface area contributed by atoms with Crippen LogP contribution in [0.5, 0.6) is 0 Å². The van der Waals surface area contributed by atoms with Crippen molar-refractivity contribution in [3.8, 4) is 0 Å². The molecule has 0 aliphatic rings. The van der Waals surface area contributed by atoms with E-state index >= 15 is 0 Å². The fourth-order valence-electron chi connectivity index (χ4n) is 2.49. The van der Waals surface area contributed by atoms with E-state index in [0.29, 0.717) is 12.8 Å². The molecule has 0 radical (unpaired) electrons. The number of carbonyl (C=O) groups excluding carboxylic acids is 2. The lowest BCUT2D eigenvalue weighted by atomic mass is 10.1. The summed E-state index contributed by atoms with van der Waals surface area (Å²) in [5.74, 6) is -1.32. The molecule has 154 valence electrons. The van der Waals surface area contributed by atoms with Gasteiger partial charge in [-0.3, -0.25) is 5.26 Å². The first-order valence-electron chi connectivity index (χ1n) is 9.76. The maximum Gasteiger partial charge on any atom is 0.347 e. The van der Waals surface area contributed by atoms with Gasteiger partial charge in [0.1, 0.15) is 6.61 Å². The summed E-state index contributed by atoms with van der Waals surface area (Å²) in [6, 6.07) is 0. The SMILES string of the molecule is CCCCCCC(OO)C(=O)OC(CCCCCC)C(=O)OCCOC. The fraction of sp³-hybridized carbons (Fsp3) is 0.895. The molecule has 0 aliphatic carbocycles. The first-order valence-corrected chi connectivity index (χ1v) is 9.76. The van der Waals surface area contributed by atoms with Gasteiger partial charge in [0, 0.05) is 7.11 Å². The zero-order chi connectivity index (χ0) is 19.6. The number of ether oxygens (including phenoxy) is 3. The third kappa shape index (κ3) is 12.2. The molecule has 0 amide bonds. The highest BCUT2D eigenvalue weighted by Gasteiger charge is 2.29. The smallest absolute Gasteiger partial charge is 0.347 e. The van der Waals surface area contributed by atoms with Gasteiger partial charge in [-0.2, -0.15) is 0 Å². The molecule has 1 N–H and O–H groups in total. The van der Waals surface area contributed by atoms with Crippen LogP contribution in [0.4, 0.5) is 0 Å². The van der Waals surface area contributed by atoms with Crippen molar-refractivity contribution < 1.29 is 33.9 Å². The predicted molar refractivity (Wildman–Crippen MR) is 97.7 cm³/mol. The molecule has 0 aromatic heterocycles. The van der Waals surface area contributed by atoms with Gasteiger partial charge >= 0.3 is 11.9 Å². The first kappa shape index (κ1) is 24.8. The van der Waals surface area contributed by atoms with Crippen molar-refractivity contribution in [1.82, 2.24) is 0 Å². The Labute approximate surface area is 157 Å². The summed E-state index contributed by atoms with van der Waals surface area (Å²) >= 11 is 0. The van der Waals surface area contributed by atoms with Crippen LogP contribution in [0.3, 0.4) is 0 Å². The Balaban J connectivity index is 4.56. The van der Waals surface area contributed by atoms with Crippen molar-refractivity contribution in [1.29, 1.82) is 0 Å². The van der Waals surface area contributed by atoms with Crippen LogP contribution in [-0.2, 0) is 28.7 Å². The van der Waals surface area contributed by atoms with Gasteiger partial charge in [-0.05, 0) is 19.3 Å². The van der Waals surface area contributed by atoms with Crippen LogP contribution < -0.4 is 0 Å². The fourth-order valence-corrected chi connectivity index (χ4v) is 2.49. The molecule has 0 fully saturated rings. The molecule has 0 aliphatic heterocycles. The molecular weight excluding hydrogens is 340 g/mol. The number of carbonyl (C=O) groups is 2. The van der Waals surface area contributed by atoms with E-state index in [1.54, 1.807) is 0 Å². The van der Waals surface area contributed by atoms with E-state index in [1.165, 1.54) is 7.11 Å². The van der Waals surface area contributed by atoms with Crippen molar-refractivity contribution in [3.63, 3.8) is 0 Å². The Morgan fingerprint density at radius 3 is 1.88 bits per heavy atom. The highest BCUT2D eigenvalue weighted by atomic mass is 17.1. The van der Waals surface area contributed by atoms with Gasteiger partial charge in [-0.1, -0.05) is 58.8 Å². The third-order valence-electron chi connectivity index (χ3n) is 4.08. The van der Waals surface area contributed by atoms with Gasteiger partial charge in [0.25, 0.3) is 0 Å². The van der Waals surface area contributed by atoms with Crippen molar-refractivity contribution in [2.24, 2.45) is 0 Å². The summed E-state index contributed by atoms with van der Waals surface area (Å²) < 4.78 is 15.2. The van der Waals surface area contributed by atoms with Gasteiger partial charge in [-0.15, -0.1) is 0 Å². The molecule has 2 unspecified atom stereocenters. The topological polar surface area (TPSA) is 91.3 Å². The van der Waals surface area contributed by atoms with E-state index in [-0.39, 0.29) is 13.2 Å². The van der Waals surface area contributed by atoms with Crippen LogP contribution in [0.2, 0.25) is 0 Å². The second-order valence-electron chi connectivity index (χ2n) is 6.38. The first-order chi connectivity index (χ1) is 12.6. The van der Waals surface area contributed by atoms with E-state index in [9.17, 15) is 9.59 Å². The standard InChI is InChI=1S/C19H36O7/c1-4-6-8-10-12-16(18(20)24-15-14-23-3)25-19(21)17(26-22)13-11-9-7-5-2/h16-17,22H,4-15H2,1-3H3. The number of hydrogen-bond acceptors (Lipinski definition) is 7. The van der Waals surface area contributed by atoms with Crippen molar-refractivity contribution in [2.45, 2.75) is 90.3 Å². The molecule has 0 heterocycles. The highest BCUT2D eigenvalue weighted by Crippen LogP contribution is 2.14. The molecule has 0 bridgehead atoms. The Morgan fingerprint density at radius 1 is 0.808 bits per heavy atom. The molecule has 0 aromatic rings. The van der Waals surface area contributed by atoms with Gasteiger partial charge in [0.05, 0.1) is 6.61 Å². The molecule has 0 saturated heterocycles. The van der Waals surface area contributed by atoms with E-state index < -0.39 is 24.1 Å². The largest absolute Gasteiger partial charge is 0.460 e. The normalized spacial score (nSPS) is 13.2. The predicted octanol–water partition coefficient (Wildman–Crippen LogP) is 3.89. The maximum absolute atomic E-state index is 12.2. The average Bonchev–Trinajstić information content (AvgIpc) is 2.64. The molecule has 0 saturated carbocycles. The Morgan fingerprint density at radius 2 is 1.38 bits per heavy atom. The molecule has 7 nitrogen and oxygen atoms in total. The maximum atomic E-state index is 12.2. The average molecular weight is 376 g/mol. The lowest BCUT2D eigenvalue weighted by Gasteiger charge is -2.19. The Kier molecular flexibility index (Phi) is 16.5. The molecule has 0 spiro atoms. The third-order valence-corrected chi connectivity index (χ3v) is 4.08. The molecular formula is C19H36O7. The van der Waals surface area contributed by atoms with Crippen LogP contribution >= 0.6 is 0 Å². The molecule has 26 heavy (non-hydrogen) atoms. The van der Waals surface area contributed by atoms with Gasteiger partial charge in [0.2, 0.25) is 0 Å². The summed E-state index contributed by atoms with van der Waals surface area (Å²) in [5, 5.41) is 8.99. The minimum atomic E-state index is -1.07. The summed E-state index contributed by atoms with van der Waals surface area (Å²) in [6.07, 6.45) is 6.35. The van der Waals surface area contributed by atoms with Gasteiger partial charge in [-0.25, -0.2) is 14.5 Å². The van der Waals surface area contributed by atoms with Crippen LogP contribution in [-0.4, -0.2) is 49.7 Å². The quantitative estimate of drug-likeness (QED) is 0.178. The van der Waals surface area contributed by atoms with E-state index in [0.717, 1.165) is 51.4 Å². The number of methoxy groups -OCH3 is 1. The Hall–Kier alpha value is -1.18. The summed E-state index contributed by atoms with van der Waals surface area (Å²) in [7, 11) is 1.51. The van der Waals surface area contributed by atoms with Crippen LogP contribution in [0.15, 0.2) is 0 Å². The lowest BCUT2D eigenvalue weighted by molar-refractivity contribution is -0.280. The number of unbranched alkanes of at least 4 members (excludes halogenated alkanes) is 6. The minimum Gasteiger partial charge on any atom is -0.460 e. The van der Waals surface area contributed by atoms with Gasteiger partial charge in [0.15, 0.2) is 12.2 Å². The van der Waals surface area contributed by atoms with Crippen molar-refractivity contribution in [3.05, 3.63) is 0 Å². The summed E-state index contributed by atoms with van der Waals surface area (Å²) in [5.41, 5.74) is 0. The van der Waals surface area contributed by atoms with Crippen LogP contribution in [0.1, 0.15) is 78.1 Å². The van der Waals surface area contributed by atoms with Crippen LogP contribution in [0, 0.1) is 0 Å². The molecule has 7 heteroatoms. The number of hydrogen-bond donors (Lipinski definition) is 1. The van der Waals surface area contributed by atoms with Crippen molar-refractivity contribution in [2.75, 3.05) is 20.3 Å². The summed E-state index contributed by atoms with van der Waals surface area (Å²) in [4.78, 5) is 28.7. The second-order valence-corrected chi connectivity index (χ2v) is 6.38. The zero-order valence-corrected chi connectivity index (χ0v) is 16.5. The van der Waals surface area contributed by atoms with E-state index in [1.807, 2.05) is 0 Å². The molecule has 0 aromatic carbocycles. The van der Waals surface area contributed by atoms with E-state index in [4.69, 9.17) is 19.5 Å².